The lowest BCUT2D eigenvalue weighted by molar-refractivity contribution is 0.0980. The Morgan fingerprint density at radius 1 is 1.24 bits per heavy atom. The minimum absolute atomic E-state index is 0.153. The van der Waals surface area contributed by atoms with E-state index in [0.717, 1.165) is 0 Å². The fourth-order valence-corrected chi connectivity index (χ4v) is 2.32. The maximum Gasteiger partial charge on any atom is 0.258 e. The monoisotopic (exact) mass is 304 g/mol. The summed E-state index contributed by atoms with van der Waals surface area (Å²) in [7, 11) is 0. The fourth-order valence-electron chi connectivity index (χ4n) is 2.15. The Morgan fingerprint density at radius 3 is 2.62 bits per heavy atom. The molecule has 0 heterocycles. The molecular weight excluding hydrogens is 288 g/mol. The van der Waals surface area contributed by atoms with Crippen LogP contribution in [0.25, 0.3) is 0 Å². The van der Waals surface area contributed by atoms with Gasteiger partial charge in [0.25, 0.3) is 5.91 Å². The standard InChI is InChI=1S/C16H17ClN2O2/c1-11-12(5-4-6-13(11)17)16(21)19(9-10-20)15-8-3-2-7-14(15)18/h2-8,20H,9-10,18H2,1H3. The Hall–Kier alpha value is -2.04. The van der Waals surface area contributed by atoms with Gasteiger partial charge in [0.1, 0.15) is 0 Å². The third kappa shape index (κ3) is 3.17. The maximum absolute atomic E-state index is 12.8. The molecule has 0 unspecified atom stereocenters. The van der Waals surface area contributed by atoms with Gasteiger partial charge in [-0.15, -0.1) is 0 Å². The molecule has 21 heavy (non-hydrogen) atoms. The molecule has 3 N–H and O–H groups in total. The number of hydrogen-bond donors (Lipinski definition) is 2. The second kappa shape index (κ2) is 6.61. The molecule has 0 aliphatic heterocycles. The summed E-state index contributed by atoms with van der Waals surface area (Å²) in [6.45, 7) is 1.81. The van der Waals surface area contributed by atoms with Crippen molar-refractivity contribution >= 4 is 28.9 Å². The topological polar surface area (TPSA) is 66.6 Å². The van der Waals surface area contributed by atoms with Gasteiger partial charge in [-0.3, -0.25) is 4.79 Å². The molecule has 1 amide bonds. The number of halogens is 1. The van der Waals surface area contributed by atoms with E-state index in [2.05, 4.69) is 0 Å². The smallest absolute Gasteiger partial charge is 0.258 e. The van der Waals surface area contributed by atoms with Gasteiger partial charge in [0.15, 0.2) is 0 Å². The van der Waals surface area contributed by atoms with Gasteiger partial charge in [-0.1, -0.05) is 29.8 Å². The van der Waals surface area contributed by atoms with Gasteiger partial charge < -0.3 is 15.7 Å². The zero-order valence-corrected chi connectivity index (χ0v) is 12.5. The molecule has 0 bridgehead atoms. The van der Waals surface area contributed by atoms with Crippen molar-refractivity contribution in [3.8, 4) is 0 Å². The predicted octanol–water partition coefficient (Wildman–Crippen LogP) is 2.87. The van der Waals surface area contributed by atoms with Crippen LogP contribution in [0.5, 0.6) is 0 Å². The molecule has 0 saturated carbocycles. The maximum atomic E-state index is 12.8. The van der Waals surface area contributed by atoms with Crippen molar-refractivity contribution in [1.29, 1.82) is 0 Å². The van der Waals surface area contributed by atoms with Crippen molar-refractivity contribution in [2.24, 2.45) is 0 Å². The molecule has 110 valence electrons. The number of para-hydroxylation sites is 2. The first-order chi connectivity index (χ1) is 10.1. The molecule has 0 aliphatic carbocycles. The van der Waals surface area contributed by atoms with Crippen LogP contribution in [0.4, 0.5) is 11.4 Å². The number of anilines is 2. The molecule has 5 heteroatoms. The van der Waals surface area contributed by atoms with Gasteiger partial charge in [-0.05, 0) is 36.8 Å². The van der Waals surface area contributed by atoms with E-state index in [1.54, 1.807) is 49.4 Å². The van der Waals surface area contributed by atoms with Gasteiger partial charge in [-0.2, -0.15) is 0 Å². The number of nitrogen functional groups attached to an aromatic ring is 1. The second-order valence-electron chi connectivity index (χ2n) is 4.65. The molecular formula is C16H17ClN2O2. The van der Waals surface area contributed by atoms with Gasteiger partial charge in [0.2, 0.25) is 0 Å². The average Bonchev–Trinajstić information content (AvgIpc) is 2.48. The van der Waals surface area contributed by atoms with E-state index in [0.29, 0.717) is 27.5 Å². The van der Waals surface area contributed by atoms with E-state index in [4.69, 9.17) is 17.3 Å². The van der Waals surface area contributed by atoms with Crippen LogP contribution in [0.1, 0.15) is 15.9 Å². The van der Waals surface area contributed by atoms with Crippen LogP contribution in [0.15, 0.2) is 42.5 Å². The van der Waals surface area contributed by atoms with E-state index >= 15 is 0 Å². The summed E-state index contributed by atoms with van der Waals surface area (Å²) in [4.78, 5) is 14.2. The summed E-state index contributed by atoms with van der Waals surface area (Å²) in [6.07, 6.45) is 0. The number of hydrogen-bond acceptors (Lipinski definition) is 3. The molecule has 2 aromatic rings. The number of nitrogens with zero attached hydrogens (tertiary/aromatic N) is 1. The van der Waals surface area contributed by atoms with E-state index < -0.39 is 0 Å². The fraction of sp³-hybridized carbons (Fsp3) is 0.188. The molecule has 2 aromatic carbocycles. The summed E-state index contributed by atoms with van der Waals surface area (Å²) in [5.41, 5.74) is 8.21. The van der Waals surface area contributed by atoms with Gasteiger partial charge >= 0.3 is 0 Å². The molecule has 0 aliphatic rings. The van der Waals surface area contributed by atoms with E-state index in [1.807, 2.05) is 0 Å². The Balaban J connectivity index is 2.46. The van der Waals surface area contributed by atoms with E-state index in [1.165, 1.54) is 4.90 Å². The van der Waals surface area contributed by atoms with Crippen LogP contribution >= 0.6 is 11.6 Å². The largest absolute Gasteiger partial charge is 0.397 e. The normalized spacial score (nSPS) is 10.4. The van der Waals surface area contributed by atoms with Crippen molar-refractivity contribution in [3.63, 3.8) is 0 Å². The van der Waals surface area contributed by atoms with Crippen molar-refractivity contribution in [2.75, 3.05) is 23.8 Å². The number of benzene rings is 2. The highest BCUT2D eigenvalue weighted by Crippen LogP contribution is 2.26. The van der Waals surface area contributed by atoms with Gasteiger partial charge in [0.05, 0.1) is 18.0 Å². The molecule has 0 fully saturated rings. The summed E-state index contributed by atoms with van der Waals surface area (Å²) in [5.74, 6) is -0.234. The highest BCUT2D eigenvalue weighted by Gasteiger charge is 2.21. The molecule has 0 spiro atoms. The van der Waals surface area contributed by atoms with Crippen LogP contribution in [-0.4, -0.2) is 24.2 Å². The molecule has 0 atom stereocenters. The van der Waals surface area contributed by atoms with Crippen LogP contribution in [0.2, 0.25) is 5.02 Å². The van der Waals surface area contributed by atoms with Crippen molar-refractivity contribution in [1.82, 2.24) is 0 Å². The number of rotatable bonds is 4. The third-order valence-corrected chi connectivity index (χ3v) is 3.70. The van der Waals surface area contributed by atoms with E-state index in [9.17, 15) is 9.90 Å². The first-order valence-corrected chi connectivity index (χ1v) is 6.96. The highest BCUT2D eigenvalue weighted by molar-refractivity contribution is 6.32. The first kappa shape index (κ1) is 15.4. The zero-order valence-electron chi connectivity index (χ0n) is 11.7. The first-order valence-electron chi connectivity index (χ1n) is 6.58. The number of amides is 1. The number of aliphatic hydroxyl groups is 1. The Morgan fingerprint density at radius 2 is 1.95 bits per heavy atom. The second-order valence-corrected chi connectivity index (χ2v) is 5.06. The van der Waals surface area contributed by atoms with Crippen LogP contribution in [0, 0.1) is 6.92 Å². The molecule has 2 rings (SSSR count). The van der Waals surface area contributed by atoms with Crippen molar-refractivity contribution in [3.05, 3.63) is 58.6 Å². The van der Waals surface area contributed by atoms with Gasteiger partial charge in [-0.25, -0.2) is 0 Å². The van der Waals surface area contributed by atoms with Crippen molar-refractivity contribution < 1.29 is 9.90 Å². The predicted molar refractivity (Wildman–Crippen MR) is 85.8 cm³/mol. The highest BCUT2D eigenvalue weighted by atomic mass is 35.5. The number of nitrogens with two attached hydrogens (primary N) is 1. The Kier molecular flexibility index (Phi) is 4.83. The van der Waals surface area contributed by atoms with Crippen LogP contribution in [0.3, 0.4) is 0 Å². The third-order valence-electron chi connectivity index (χ3n) is 3.29. The van der Waals surface area contributed by atoms with Crippen LogP contribution in [-0.2, 0) is 0 Å². The lowest BCUT2D eigenvalue weighted by Crippen LogP contribution is -2.34. The van der Waals surface area contributed by atoms with Gasteiger partial charge in [0, 0.05) is 17.1 Å². The molecule has 0 saturated heterocycles. The SMILES string of the molecule is Cc1c(Cl)cccc1C(=O)N(CCO)c1ccccc1N. The molecule has 0 aromatic heterocycles. The summed E-state index contributed by atoms with van der Waals surface area (Å²) < 4.78 is 0. The average molecular weight is 305 g/mol. The summed E-state index contributed by atoms with van der Waals surface area (Å²) in [6, 6.07) is 12.3. The quantitative estimate of drug-likeness (QED) is 0.854. The minimum atomic E-state index is -0.234. The lowest BCUT2D eigenvalue weighted by atomic mass is 10.1. The van der Waals surface area contributed by atoms with Crippen LogP contribution < -0.4 is 10.6 Å². The lowest BCUT2D eigenvalue weighted by Gasteiger charge is -2.24. The number of carbonyl (C=O) groups excluding carboxylic acids is 1. The summed E-state index contributed by atoms with van der Waals surface area (Å²) in [5, 5.41) is 9.78. The zero-order chi connectivity index (χ0) is 15.4. The summed E-state index contributed by atoms with van der Waals surface area (Å²) >= 11 is 6.07. The number of aliphatic hydroxyl groups excluding tert-OH is 1. The minimum Gasteiger partial charge on any atom is -0.397 e. The number of carbonyl (C=O) groups is 1. The molecule has 0 radical (unpaired) electrons. The Labute approximate surface area is 128 Å². The molecule has 4 nitrogen and oxygen atoms in total. The van der Waals surface area contributed by atoms with E-state index in [-0.39, 0.29) is 19.1 Å². The van der Waals surface area contributed by atoms with Crippen molar-refractivity contribution in [2.45, 2.75) is 6.92 Å². The Bertz CT molecular complexity index is 658.